The van der Waals surface area contributed by atoms with Gasteiger partial charge in [0.1, 0.15) is 0 Å². The fourth-order valence-electron chi connectivity index (χ4n) is 5.54. The second-order valence-corrected chi connectivity index (χ2v) is 9.83. The first-order chi connectivity index (χ1) is 14.0. The molecule has 3 heterocycles. The molecule has 5 nitrogen and oxygen atoms in total. The molecule has 1 spiro atoms. The van der Waals surface area contributed by atoms with E-state index in [-0.39, 0.29) is 24.0 Å². The van der Waals surface area contributed by atoms with Crippen molar-refractivity contribution in [2.75, 3.05) is 46.4 Å². The third-order valence-corrected chi connectivity index (χ3v) is 6.96. The molecule has 1 aromatic carbocycles. The largest absolute Gasteiger partial charge is 0.381 e. The highest BCUT2D eigenvalue weighted by atomic mass is 127. The van der Waals surface area contributed by atoms with Crippen molar-refractivity contribution in [3.63, 3.8) is 0 Å². The van der Waals surface area contributed by atoms with Crippen LogP contribution in [-0.2, 0) is 17.8 Å². The number of nitrogens with one attached hydrogen (secondary N) is 1. The number of nitrogens with zero attached hydrogens (tertiary/aromatic N) is 3. The lowest BCUT2D eigenvalue weighted by Gasteiger charge is -2.35. The quantitative estimate of drug-likeness (QED) is 0.366. The zero-order chi connectivity index (χ0) is 20.3. The molecule has 0 saturated carbocycles. The molecule has 6 heteroatoms. The Labute approximate surface area is 199 Å². The molecule has 1 aromatic rings. The first-order valence-electron chi connectivity index (χ1n) is 11.4. The number of guanidine groups is 1. The zero-order valence-electron chi connectivity index (χ0n) is 18.9. The molecule has 168 valence electrons. The second kappa shape index (κ2) is 10.6. The average Bonchev–Trinajstić information content (AvgIpc) is 3.33. The smallest absolute Gasteiger partial charge is 0.193 e. The number of halogens is 1. The molecule has 3 saturated heterocycles. The van der Waals surface area contributed by atoms with Crippen LogP contribution >= 0.6 is 24.0 Å². The molecule has 0 aliphatic carbocycles. The zero-order valence-corrected chi connectivity index (χ0v) is 21.2. The summed E-state index contributed by atoms with van der Waals surface area (Å²) >= 11 is 0. The van der Waals surface area contributed by atoms with Gasteiger partial charge in [-0.05, 0) is 42.2 Å². The Morgan fingerprint density at radius 2 is 1.83 bits per heavy atom. The minimum atomic E-state index is 0. The topological polar surface area (TPSA) is 40.1 Å². The summed E-state index contributed by atoms with van der Waals surface area (Å²) in [7, 11) is 1.89. The Bertz CT molecular complexity index is 692. The fourth-order valence-corrected chi connectivity index (χ4v) is 5.54. The highest BCUT2D eigenvalue weighted by molar-refractivity contribution is 14.0. The summed E-state index contributed by atoms with van der Waals surface area (Å²) < 4.78 is 5.66. The molecular formula is C24H39IN4O. The normalized spacial score (nSPS) is 30.0. The molecule has 0 aromatic heterocycles. The van der Waals surface area contributed by atoms with Gasteiger partial charge < -0.3 is 15.0 Å². The highest BCUT2D eigenvalue weighted by Gasteiger charge is 2.42. The maximum atomic E-state index is 5.66. The lowest BCUT2D eigenvalue weighted by atomic mass is 9.87. The van der Waals surface area contributed by atoms with Crippen molar-refractivity contribution in [2.45, 2.75) is 46.2 Å². The molecule has 4 rings (SSSR count). The molecule has 0 bridgehead atoms. The molecule has 3 aliphatic heterocycles. The fraction of sp³-hybridized carbons (Fsp3) is 0.708. The molecule has 1 N–H and O–H groups in total. The van der Waals surface area contributed by atoms with Crippen molar-refractivity contribution in [3.05, 3.63) is 35.4 Å². The van der Waals surface area contributed by atoms with Gasteiger partial charge in [-0.15, -0.1) is 24.0 Å². The molecule has 3 fully saturated rings. The Balaban J connectivity index is 0.00000256. The van der Waals surface area contributed by atoms with Crippen LogP contribution < -0.4 is 5.32 Å². The van der Waals surface area contributed by atoms with Crippen LogP contribution in [-0.4, -0.2) is 62.2 Å². The summed E-state index contributed by atoms with van der Waals surface area (Å²) in [6.45, 7) is 13.1. The van der Waals surface area contributed by atoms with Crippen LogP contribution in [0.15, 0.2) is 29.3 Å². The van der Waals surface area contributed by atoms with Crippen molar-refractivity contribution in [1.82, 2.24) is 15.1 Å². The van der Waals surface area contributed by atoms with Crippen LogP contribution in [0.2, 0.25) is 0 Å². The van der Waals surface area contributed by atoms with E-state index in [0.717, 1.165) is 57.2 Å². The minimum Gasteiger partial charge on any atom is -0.381 e. The van der Waals surface area contributed by atoms with Gasteiger partial charge in [-0.1, -0.05) is 38.1 Å². The summed E-state index contributed by atoms with van der Waals surface area (Å²) in [6, 6.07) is 9.13. The average molecular weight is 527 g/mol. The summed E-state index contributed by atoms with van der Waals surface area (Å²) in [4.78, 5) is 9.55. The third kappa shape index (κ3) is 5.88. The van der Waals surface area contributed by atoms with E-state index in [1.807, 2.05) is 7.05 Å². The Kier molecular flexibility index (Phi) is 8.44. The van der Waals surface area contributed by atoms with E-state index < -0.39 is 0 Å². The predicted molar refractivity (Wildman–Crippen MR) is 134 cm³/mol. The van der Waals surface area contributed by atoms with Crippen LogP contribution in [0.1, 0.15) is 44.2 Å². The van der Waals surface area contributed by atoms with E-state index in [1.54, 1.807) is 0 Å². The van der Waals surface area contributed by atoms with Crippen molar-refractivity contribution in [1.29, 1.82) is 0 Å². The predicted octanol–water partition coefficient (Wildman–Crippen LogP) is 3.97. The van der Waals surface area contributed by atoms with Gasteiger partial charge in [0.15, 0.2) is 5.96 Å². The first-order valence-corrected chi connectivity index (χ1v) is 11.4. The maximum Gasteiger partial charge on any atom is 0.193 e. The molecule has 30 heavy (non-hydrogen) atoms. The lowest BCUT2D eigenvalue weighted by Crippen LogP contribution is -2.41. The lowest BCUT2D eigenvalue weighted by molar-refractivity contribution is 0.134. The summed E-state index contributed by atoms with van der Waals surface area (Å²) in [5.41, 5.74) is 3.10. The number of benzene rings is 1. The number of rotatable bonds is 4. The minimum absolute atomic E-state index is 0. The summed E-state index contributed by atoms with van der Waals surface area (Å²) in [5.74, 6) is 2.65. The Morgan fingerprint density at radius 1 is 1.13 bits per heavy atom. The van der Waals surface area contributed by atoms with Gasteiger partial charge in [0.2, 0.25) is 0 Å². The standard InChI is InChI=1S/C24H38N4O.HI/c1-19-12-20(2)15-27(14-19)16-22-6-4-21(5-7-22)13-26-23(25-3)28-10-8-24(17-28)9-11-29-18-24;/h4-7,19-20H,8-18H2,1-3H3,(H,25,26);1H. The molecular weight excluding hydrogens is 487 g/mol. The van der Waals surface area contributed by atoms with E-state index in [4.69, 9.17) is 4.74 Å². The van der Waals surface area contributed by atoms with E-state index in [2.05, 4.69) is 58.2 Å². The number of ether oxygens (including phenoxy) is 1. The number of likely N-dealkylation sites (tertiary alicyclic amines) is 2. The number of hydrogen-bond acceptors (Lipinski definition) is 3. The monoisotopic (exact) mass is 526 g/mol. The van der Waals surface area contributed by atoms with Crippen LogP contribution in [0.25, 0.3) is 0 Å². The molecule has 0 radical (unpaired) electrons. The molecule has 0 amide bonds. The third-order valence-electron chi connectivity index (χ3n) is 6.96. The first kappa shape index (κ1) is 23.8. The van der Waals surface area contributed by atoms with Crippen molar-refractivity contribution in [2.24, 2.45) is 22.2 Å². The van der Waals surface area contributed by atoms with Gasteiger partial charge in [-0.3, -0.25) is 9.89 Å². The summed E-state index contributed by atoms with van der Waals surface area (Å²) in [6.07, 6.45) is 3.78. The van der Waals surface area contributed by atoms with Crippen LogP contribution in [0, 0.1) is 17.3 Å². The highest BCUT2D eigenvalue weighted by Crippen LogP contribution is 2.38. The summed E-state index contributed by atoms with van der Waals surface area (Å²) in [5, 5.41) is 3.57. The van der Waals surface area contributed by atoms with Crippen LogP contribution in [0.3, 0.4) is 0 Å². The van der Waals surface area contributed by atoms with Crippen molar-refractivity contribution in [3.8, 4) is 0 Å². The van der Waals surface area contributed by atoms with Crippen LogP contribution in [0.5, 0.6) is 0 Å². The SMILES string of the molecule is CN=C(NCc1ccc(CN2CC(C)CC(C)C2)cc1)N1CCC2(CCOC2)C1.I. The number of hydrogen-bond donors (Lipinski definition) is 1. The number of piperidine rings is 1. The molecule has 3 unspecified atom stereocenters. The second-order valence-electron chi connectivity index (χ2n) is 9.83. The van der Waals surface area contributed by atoms with E-state index in [0.29, 0.717) is 5.41 Å². The Hall–Kier alpha value is -0.860. The van der Waals surface area contributed by atoms with Crippen molar-refractivity contribution < 1.29 is 4.74 Å². The molecule has 3 aliphatic rings. The van der Waals surface area contributed by atoms with Gasteiger partial charge in [-0.25, -0.2) is 0 Å². The van der Waals surface area contributed by atoms with E-state index in [9.17, 15) is 0 Å². The van der Waals surface area contributed by atoms with Gasteiger partial charge >= 0.3 is 0 Å². The van der Waals surface area contributed by atoms with Crippen molar-refractivity contribution >= 4 is 29.9 Å². The maximum absolute atomic E-state index is 5.66. The van der Waals surface area contributed by atoms with E-state index in [1.165, 1.54) is 43.5 Å². The van der Waals surface area contributed by atoms with Gasteiger partial charge in [-0.2, -0.15) is 0 Å². The Morgan fingerprint density at radius 3 is 2.47 bits per heavy atom. The number of aliphatic imine (C=N–C) groups is 1. The molecule has 3 atom stereocenters. The van der Waals surface area contributed by atoms with Gasteiger partial charge in [0, 0.05) is 58.3 Å². The van der Waals surface area contributed by atoms with Crippen LogP contribution in [0.4, 0.5) is 0 Å². The van der Waals surface area contributed by atoms with Gasteiger partial charge in [0.25, 0.3) is 0 Å². The van der Waals surface area contributed by atoms with Gasteiger partial charge in [0.05, 0.1) is 6.61 Å². The van der Waals surface area contributed by atoms with E-state index >= 15 is 0 Å².